The zero-order valence-electron chi connectivity index (χ0n) is 14.6. The number of fused-ring (bicyclic) bond motifs is 1. The molecule has 0 radical (unpaired) electrons. The van der Waals surface area contributed by atoms with E-state index >= 15 is 0 Å². The maximum Gasteiger partial charge on any atom is 0.171 e. The van der Waals surface area contributed by atoms with Crippen molar-refractivity contribution >= 4 is 17.5 Å². The summed E-state index contributed by atoms with van der Waals surface area (Å²) in [4.78, 5) is 14.6. The zero-order chi connectivity index (χ0) is 17.9. The fourth-order valence-corrected chi connectivity index (χ4v) is 4.92. The van der Waals surface area contributed by atoms with Gasteiger partial charge in [-0.05, 0) is 48.4 Å². The molecular formula is C23H20O2S. The quantitative estimate of drug-likeness (QED) is 0.530. The summed E-state index contributed by atoms with van der Waals surface area (Å²) in [7, 11) is 0. The molecule has 0 aromatic heterocycles. The van der Waals surface area contributed by atoms with Crippen molar-refractivity contribution in [2.75, 3.05) is 6.61 Å². The average Bonchev–Trinajstić information content (AvgIpc) is 3.08. The van der Waals surface area contributed by atoms with Crippen LogP contribution in [-0.2, 0) is 0 Å². The smallest absolute Gasteiger partial charge is 0.171 e. The molecule has 0 bridgehead atoms. The predicted octanol–water partition coefficient (Wildman–Crippen LogP) is 5.90. The Bertz CT molecular complexity index is 903. The number of benzene rings is 3. The summed E-state index contributed by atoms with van der Waals surface area (Å²) in [6.45, 7) is 2.58. The van der Waals surface area contributed by atoms with E-state index in [1.165, 1.54) is 10.5 Å². The van der Waals surface area contributed by atoms with Crippen LogP contribution in [0.3, 0.4) is 0 Å². The van der Waals surface area contributed by atoms with E-state index in [9.17, 15) is 4.79 Å². The van der Waals surface area contributed by atoms with Gasteiger partial charge in [0.25, 0.3) is 0 Å². The number of ether oxygens (including phenoxy) is 1. The summed E-state index contributed by atoms with van der Waals surface area (Å²) in [6, 6.07) is 26.1. The highest BCUT2D eigenvalue weighted by Gasteiger charge is 2.39. The molecule has 0 spiro atoms. The summed E-state index contributed by atoms with van der Waals surface area (Å²) in [5.41, 5.74) is 3.06. The molecule has 4 rings (SSSR count). The van der Waals surface area contributed by atoms with Crippen LogP contribution in [0.5, 0.6) is 5.75 Å². The van der Waals surface area contributed by atoms with Gasteiger partial charge in [-0.3, -0.25) is 4.79 Å². The Morgan fingerprint density at radius 2 is 1.62 bits per heavy atom. The van der Waals surface area contributed by atoms with E-state index in [1.807, 2.05) is 61.5 Å². The minimum absolute atomic E-state index is 0.104. The van der Waals surface area contributed by atoms with E-state index in [-0.39, 0.29) is 17.0 Å². The normalized spacial score (nSPS) is 18.3. The van der Waals surface area contributed by atoms with Crippen LogP contribution in [0.4, 0.5) is 0 Å². The van der Waals surface area contributed by atoms with E-state index in [0.717, 1.165) is 16.9 Å². The van der Waals surface area contributed by atoms with Gasteiger partial charge in [-0.15, -0.1) is 11.8 Å². The Kier molecular flexibility index (Phi) is 4.81. The summed E-state index contributed by atoms with van der Waals surface area (Å²) in [5, 5.41) is 0.104. The van der Waals surface area contributed by atoms with Gasteiger partial charge < -0.3 is 4.74 Å². The molecule has 2 atom stereocenters. The fraction of sp³-hybridized carbons (Fsp3) is 0.174. The van der Waals surface area contributed by atoms with Gasteiger partial charge in [0, 0.05) is 15.7 Å². The first-order valence-electron chi connectivity index (χ1n) is 8.85. The fourth-order valence-electron chi connectivity index (χ4n) is 3.46. The Morgan fingerprint density at radius 3 is 2.35 bits per heavy atom. The summed E-state index contributed by atoms with van der Waals surface area (Å²) >= 11 is 1.79. The first kappa shape index (κ1) is 16.9. The molecule has 0 fully saturated rings. The molecular weight excluding hydrogens is 340 g/mol. The van der Waals surface area contributed by atoms with Crippen LogP contribution in [0.2, 0.25) is 0 Å². The SMILES string of the molecule is CCOc1ccc(C(=O)C2c3ccccc3SC2c2ccccc2)cc1. The van der Waals surface area contributed by atoms with Crippen molar-refractivity contribution in [1.29, 1.82) is 0 Å². The van der Waals surface area contributed by atoms with Crippen LogP contribution >= 0.6 is 11.8 Å². The zero-order valence-corrected chi connectivity index (χ0v) is 15.4. The van der Waals surface area contributed by atoms with E-state index in [4.69, 9.17) is 4.74 Å². The van der Waals surface area contributed by atoms with E-state index < -0.39 is 0 Å². The van der Waals surface area contributed by atoms with Crippen molar-refractivity contribution in [1.82, 2.24) is 0 Å². The van der Waals surface area contributed by atoms with Gasteiger partial charge in [0.1, 0.15) is 5.75 Å². The number of hydrogen-bond donors (Lipinski definition) is 0. The number of rotatable bonds is 5. The van der Waals surface area contributed by atoms with Crippen LogP contribution in [0.15, 0.2) is 83.8 Å². The number of hydrogen-bond acceptors (Lipinski definition) is 3. The highest BCUT2D eigenvalue weighted by Crippen LogP contribution is 2.55. The lowest BCUT2D eigenvalue weighted by molar-refractivity contribution is 0.0958. The Labute approximate surface area is 158 Å². The number of ketones is 1. The van der Waals surface area contributed by atoms with Crippen LogP contribution < -0.4 is 4.74 Å². The minimum atomic E-state index is -0.170. The number of Topliss-reactive ketones (excluding diaryl/α,β-unsaturated/α-hetero) is 1. The molecule has 1 aliphatic heterocycles. The van der Waals surface area contributed by atoms with Crippen molar-refractivity contribution in [3.05, 3.63) is 95.6 Å². The third-order valence-electron chi connectivity index (χ3n) is 4.67. The van der Waals surface area contributed by atoms with E-state index in [0.29, 0.717) is 6.61 Å². The third-order valence-corrected chi connectivity index (χ3v) is 6.10. The highest BCUT2D eigenvalue weighted by atomic mass is 32.2. The first-order valence-corrected chi connectivity index (χ1v) is 9.73. The number of carbonyl (C=O) groups is 1. The maximum absolute atomic E-state index is 13.4. The molecule has 0 N–H and O–H groups in total. The van der Waals surface area contributed by atoms with E-state index in [1.54, 1.807) is 11.8 Å². The molecule has 0 saturated carbocycles. The van der Waals surface area contributed by atoms with Gasteiger partial charge in [-0.25, -0.2) is 0 Å². The van der Waals surface area contributed by atoms with Gasteiger partial charge in [0.15, 0.2) is 5.78 Å². The molecule has 1 heterocycles. The third kappa shape index (κ3) is 3.15. The van der Waals surface area contributed by atoms with Crippen molar-refractivity contribution in [3.63, 3.8) is 0 Å². The molecule has 3 heteroatoms. The van der Waals surface area contributed by atoms with Gasteiger partial charge in [-0.2, -0.15) is 0 Å². The Hall–Kier alpha value is -2.52. The maximum atomic E-state index is 13.4. The lowest BCUT2D eigenvalue weighted by Gasteiger charge is -2.19. The molecule has 26 heavy (non-hydrogen) atoms. The van der Waals surface area contributed by atoms with Crippen LogP contribution in [0.1, 0.15) is 39.6 Å². The van der Waals surface area contributed by atoms with Gasteiger partial charge in [0.05, 0.1) is 12.5 Å². The van der Waals surface area contributed by atoms with Crippen molar-refractivity contribution in [2.24, 2.45) is 0 Å². The second kappa shape index (κ2) is 7.38. The van der Waals surface area contributed by atoms with Crippen LogP contribution in [0, 0.1) is 0 Å². The molecule has 0 saturated heterocycles. The summed E-state index contributed by atoms with van der Waals surface area (Å²) in [5.74, 6) is 0.792. The Morgan fingerprint density at radius 1 is 0.923 bits per heavy atom. The summed E-state index contributed by atoms with van der Waals surface area (Å²) in [6.07, 6.45) is 0. The minimum Gasteiger partial charge on any atom is -0.494 e. The second-order valence-corrected chi connectivity index (χ2v) is 7.47. The second-order valence-electron chi connectivity index (χ2n) is 6.29. The number of thioether (sulfide) groups is 1. The first-order chi connectivity index (χ1) is 12.8. The van der Waals surface area contributed by atoms with Crippen molar-refractivity contribution in [2.45, 2.75) is 23.0 Å². The molecule has 0 amide bonds. The van der Waals surface area contributed by atoms with Crippen LogP contribution in [-0.4, -0.2) is 12.4 Å². The largest absolute Gasteiger partial charge is 0.494 e. The molecule has 2 unspecified atom stereocenters. The standard InChI is InChI=1S/C23H20O2S/c1-2-25-18-14-12-16(13-15-18)22(24)21-19-10-6-7-11-20(19)26-23(21)17-8-4-3-5-9-17/h3-15,21,23H,2H2,1H3. The van der Waals surface area contributed by atoms with Gasteiger partial charge in [0.2, 0.25) is 0 Å². The van der Waals surface area contributed by atoms with Gasteiger partial charge in [-0.1, -0.05) is 48.5 Å². The van der Waals surface area contributed by atoms with Crippen molar-refractivity contribution in [3.8, 4) is 5.75 Å². The number of carbonyl (C=O) groups excluding carboxylic acids is 1. The lowest BCUT2D eigenvalue weighted by atomic mass is 9.85. The monoisotopic (exact) mass is 360 g/mol. The molecule has 2 nitrogen and oxygen atoms in total. The molecule has 3 aromatic carbocycles. The van der Waals surface area contributed by atoms with Crippen molar-refractivity contribution < 1.29 is 9.53 Å². The lowest BCUT2D eigenvalue weighted by Crippen LogP contribution is -2.16. The van der Waals surface area contributed by atoms with Gasteiger partial charge >= 0.3 is 0 Å². The average molecular weight is 360 g/mol. The molecule has 130 valence electrons. The Balaban J connectivity index is 1.71. The van der Waals surface area contributed by atoms with Crippen LogP contribution in [0.25, 0.3) is 0 Å². The van der Waals surface area contributed by atoms with E-state index in [2.05, 4.69) is 24.3 Å². The topological polar surface area (TPSA) is 26.3 Å². The molecule has 3 aromatic rings. The molecule has 0 aliphatic carbocycles. The predicted molar refractivity (Wildman–Crippen MR) is 106 cm³/mol. The molecule has 1 aliphatic rings. The summed E-state index contributed by atoms with van der Waals surface area (Å²) < 4.78 is 5.50. The highest BCUT2D eigenvalue weighted by molar-refractivity contribution is 8.00.